The van der Waals surface area contributed by atoms with Gasteiger partial charge >= 0.3 is 0 Å². The normalized spacial score (nSPS) is 10.9. The lowest BCUT2D eigenvalue weighted by molar-refractivity contribution is 1.08. The molecule has 0 spiro atoms. The molecule has 0 aliphatic carbocycles. The maximum atomic E-state index is 5.74. The molecular formula is C14H13N3S. The van der Waals surface area contributed by atoms with Crippen LogP contribution in [-0.2, 0) is 5.75 Å². The van der Waals surface area contributed by atoms with Gasteiger partial charge in [0.1, 0.15) is 0 Å². The summed E-state index contributed by atoms with van der Waals surface area (Å²) < 4.78 is 0. The van der Waals surface area contributed by atoms with Gasteiger partial charge in [0.25, 0.3) is 0 Å². The third-order valence-electron chi connectivity index (χ3n) is 2.70. The molecule has 0 saturated carbocycles. The number of thioether (sulfide) groups is 1. The Morgan fingerprint density at radius 3 is 2.78 bits per heavy atom. The summed E-state index contributed by atoms with van der Waals surface area (Å²) in [6.45, 7) is 0. The van der Waals surface area contributed by atoms with Gasteiger partial charge in [-0.1, -0.05) is 42.1 Å². The van der Waals surface area contributed by atoms with E-state index in [1.807, 2.05) is 24.3 Å². The number of nitrogen functional groups attached to an aromatic ring is 1. The van der Waals surface area contributed by atoms with Gasteiger partial charge in [0.15, 0.2) is 5.16 Å². The van der Waals surface area contributed by atoms with Crippen LogP contribution in [0.3, 0.4) is 0 Å². The number of nitrogens with zero attached hydrogens (tertiary/aromatic N) is 1. The van der Waals surface area contributed by atoms with Gasteiger partial charge in [0, 0.05) is 11.4 Å². The van der Waals surface area contributed by atoms with Crippen molar-refractivity contribution in [3.05, 3.63) is 54.1 Å². The van der Waals surface area contributed by atoms with Crippen molar-refractivity contribution >= 4 is 28.5 Å². The monoisotopic (exact) mass is 255 g/mol. The Bertz CT molecular complexity index is 661. The van der Waals surface area contributed by atoms with Crippen LogP contribution in [0.4, 0.5) is 5.69 Å². The molecule has 3 nitrogen and oxygen atoms in total. The Morgan fingerprint density at radius 1 is 1.11 bits per heavy atom. The maximum Gasteiger partial charge on any atom is 0.166 e. The van der Waals surface area contributed by atoms with Crippen molar-refractivity contribution in [1.29, 1.82) is 0 Å². The zero-order chi connectivity index (χ0) is 12.4. The van der Waals surface area contributed by atoms with E-state index in [0.717, 1.165) is 27.6 Å². The summed E-state index contributed by atoms with van der Waals surface area (Å²) in [7, 11) is 0. The van der Waals surface area contributed by atoms with Gasteiger partial charge in [0.05, 0.1) is 11.0 Å². The number of rotatable bonds is 3. The Morgan fingerprint density at radius 2 is 1.94 bits per heavy atom. The minimum atomic E-state index is 0.755. The Labute approximate surface area is 109 Å². The van der Waals surface area contributed by atoms with Gasteiger partial charge in [-0.05, 0) is 23.8 Å². The average Bonchev–Trinajstić information content (AvgIpc) is 2.79. The summed E-state index contributed by atoms with van der Waals surface area (Å²) in [5.41, 5.74) is 9.74. The quantitative estimate of drug-likeness (QED) is 0.557. The summed E-state index contributed by atoms with van der Waals surface area (Å²) in [5.74, 6) is 0.913. The van der Waals surface area contributed by atoms with Crippen LogP contribution < -0.4 is 5.73 Å². The number of aromatic nitrogens is 2. The Hall–Kier alpha value is -1.94. The lowest BCUT2D eigenvalue weighted by Gasteiger charge is -1.97. The Kier molecular flexibility index (Phi) is 2.94. The Balaban J connectivity index is 1.79. The molecule has 0 radical (unpaired) electrons. The van der Waals surface area contributed by atoms with Gasteiger partial charge < -0.3 is 10.7 Å². The number of imidazole rings is 1. The van der Waals surface area contributed by atoms with Crippen LogP contribution in [0, 0.1) is 0 Å². The minimum Gasteiger partial charge on any atom is -0.399 e. The van der Waals surface area contributed by atoms with Crippen LogP contribution in [0.5, 0.6) is 0 Å². The molecule has 0 aliphatic rings. The van der Waals surface area contributed by atoms with E-state index >= 15 is 0 Å². The molecule has 0 unspecified atom stereocenters. The molecule has 0 fully saturated rings. The van der Waals surface area contributed by atoms with Crippen molar-refractivity contribution in [3.8, 4) is 0 Å². The van der Waals surface area contributed by atoms with Crippen LogP contribution in [0.15, 0.2) is 53.7 Å². The molecule has 1 heterocycles. The average molecular weight is 255 g/mol. The third-order valence-corrected chi connectivity index (χ3v) is 3.65. The highest BCUT2D eigenvalue weighted by molar-refractivity contribution is 7.98. The maximum absolute atomic E-state index is 5.74. The molecule has 18 heavy (non-hydrogen) atoms. The number of hydrogen-bond donors (Lipinski definition) is 2. The standard InChI is InChI=1S/C14H13N3S/c15-11-6-7-12-13(8-11)17-14(16-12)18-9-10-4-2-1-3-5-10/h1-8H,9,15H2,(H,16,17). The van der Waals surface area contributed by atoms with Crippen molar-refractivity contribution in [2.75, 3.05) is 5.73 Å². The van der Waals surface area contributed by atoms with Crippen LogP contribution in [-0.4, -0.2) is 9.97 Å². The number of H-pyrrole nitrogens is 1. The fraction of sp³-hybridized carbons (Fsp3) is 0.0714. The topological polar surface area (TPSA) is 54.7 Å². The second kappa shape index (κ2) is 4.74. The zero-order valence-corrected chi connectivity index (χ0v) is 10.6. The number of fused-ring (bicyclic) bond motifs is 1. The van der Waals surface area contributed by atoms with Gasteiger partial charge in [0.2, 0.25) is 0 Å². The van der Waals surface area contributed by atoms with Crippen LogP contribution >= 0.6 is 11.8 Å². The molecule has 0 bridgehead atoms. The molecule has 2 aromatic carbocycles. The lowest BCUT2D eigenvalue weighted by atomic mass is 10.2. The molecule has 0 saturated heterocycles. The second-order valence-electron chi connectivity index (χ2n) is 4.09. The molecular weight excluding hydrogens is 242 g/mol. The summed E-state index contributed by atoms with van der Waals surface area (Å²) in [4.78, 5) is 7.80. The van der Waals surface area contributed by atoms with E-state index in [1.54, 1.807) is 11.8 Å². The first-order chi connectivity index (χ1) is 8.81. The van der Waals surface area contributed by atoms with E-state index in [-0.39, 0.29) is 0 Å². The van der Waals surface area contributed by atoms with Gasteiger partial charge in [-0.25, -0.2) is 4.98 Å². The first-order valence-corrected chi connectivity index (χ1v) is 6.72. The summed E-state index contributed by atoms with van der Waals surface area (Å²) in [5, 5.41) is 0.930. The highest BCUT2D eigenvalue weighted by Crippen LogP contribution is 2.23. The highest BCUT2D eigenvalue weighted by atomic mass is 32.2. The van der Waals surface area contributed by atoms with Crippen molar-refractivity contribution < 1.29 is 0 Å². The van der Waals surface area contributed by atoms with Gasteiger partial charge in [-0.3, -0.25) is 0 Å². The first-order valence-electron chi connectivity index (χ1n) is 5.73. The molecule has 4 heteroatoms. The smallest absolute Gasteiger partial charge is 0.166 e. The molecule has 3 aromatic rings. The fourth-order valence-electron chi connectivity index (χ4n) is 1.80. The van der Waals surface area contributed by atoms with E-state index in [1.165, 1.54) is 5.56 Å². The number of aromatic amines is 1. The first kappa shape index (κ1) is 11.2. The van der Waals surface area contributed by atoms with Crippen molar-refractivity contribution in [2.24, 2.45) is 0 Å². The summed E-state index contributed by atoms with van der Waals surface area (Å²) in [6, 6.07) is 16.1. The predicted molar refractivity (Wildman–Crippen MR) is 76.5 cm³/mol. The van der Waals surface area contributed by atoms with Gasteiger partial charge in [-0.2, -0.15) is 0 Å². The number of anilines is 1. The lowest BCUT2D eigenvalue weighted by Crippen LogP contribution is -1.82. The molecule has 3 rings (SSSR count). The predicted octanol–water partition coefficient (Wildman–Crippen LogP) is 3.44. The second-order valence-corrected chi connectivity index (χ2v) is 5.06. The van der Waals surface area contributed by atoms with Crippen molar-refractivity contribution in [2.45, 2.75) is 10.9 Å². The molecule has 1 aromatic heterocycles. The minimum absolute atomic E-state index is 0.755. The molecule has 0 atom stereocenters. The summed E-state index contributed by atoms with van der Waals surface area (Å²) >= 11 is 1.70. The summed E-state index contributed by atoms with van der Waals surface area (Å²) in [6.07, 6.45) is 0. The highest BCUT2D eigenvalue weighted by Gasteiger charge is 2.03. The number of nitrogens with two attached hydrogens (primary N) is 1. The SMILES string of the molecule is Nc1ccc2nc(SCc3ccccc3)[nH]c2c1. The van der Waals surface area contributed by atoms with Crippen LogP contribution in [0.2, 0.25) is 0 Å². The largest absolute Gasteiger partial charge is 0.399 e. The van der Waals surface area contributed by atoms with E-state index in [9.17, 15) is 0 Å². The number of benzene rings is 2. The molecule has 0 aliphatic heterocycles. The molecule has 3 N–H and O–H groups in total. The van der Waals surface area contributed by atoms with E-state index in [2.05, 4.69) is 34.2 Å². The van der Waals surface area contributed by atoms with E-state index < -0.39 is 0 Å². The molecule has 90 valence electrons. The van der Waals surface area contributed by atoms with Crippen molar-refractivity contribution in [3.63, 3.8) is 0 Å². The molecule has 0 amide bonds. The van der Waals surface area contributed by atoms with E-state index in [0.29, 0.717) is 0 Å². The number of hydrogen-bond acceptors (Lipinski definition) is 3. The number of nitrogens with one attached hydrogen (secondary N) is 1. The van der Waals surface area contributed by atoms with Crippen LogP contribution in [0.1, 0.15) is 5.56 Å². The zero-order valence-electron chi connectivity index (χ0n) is 9.76. The third kappa shape index (κ3) is 2.33. The van der Waals surface area contributed by atoms with Gasteiger partial charge in [-0.15, -0.1) is 0 Å². The van der Waals surface area contributed by atoms with Crippen LogP contribution in [0.25, 0.3) is 11.0 Å². The van der Waals surface area contributed by atoms with E-state index in [4.69, 9.17) is 5.73 Å². The fourth-order valence-corrected chi connectivity index (χ4v) is 2.64. The van der Waals surface area contributed by atoms with Crippen molar-refractivity contribution in [1.82, 2.24) is 9.97 Å².